The van der Waals surface area contributed by atoms with E-state index in [1.54, 1.807) is 0 Å². The largest absolute Gasteiger partial charge is 0.481 e. The molecular formula is C9H10O6. The highest BCUT2D eigenvalue weighted by atomic mass is 16.5. The van der Waals surface area contributed by atoms with Crippen LogP contribution in [0.15, 0.2) is 24.3 Å². The number of carbonyl (C=O) groups excluding carboxylic acids is 1. The van der Waals surface area contributed by atoms with Crippen molar-refractivity contribution in [1.82, 2.24) is 0 Å². The number of ether oxygens (including phenoxy) is 1. The van der Waals surface area contributed by atoms with E-state index in [4.69, 9.17) is 10.2 Å². The molecule has 0 aromatic rings. The molecule has 0 rings (SSSR count). The van der Waals surface area contributed by atoms with E-state index in [9.17, 15) is 14.4 Å². The van der Waals surface area contributed by atoms with Crippen LogP contribution in [0.25, 0.3) is 0 Å². The fraction of sp³-hybridized carbons (Fsp3) is 0.222. The van der Waals surface area contributed by atoms with Crippen LogP contribution in [0.3, 0.4) is 0 Å². The van der Waals surface area contributed by atoms with Gasteiger partial charge in [-0.25, -0.2) is 9.59 Å². The normalized spacial score (nSPS) is 9.87. The smallest absolute Gasteiger partial charge is 0.337 e. The molecule has 0 spiro atoms. The molecule has 82 valence electrons. The molecule has 0 amide bonds. The number of carbonyl (C=O) groups is 3. The summed E-state index contributed by atoms with van der Waals surface area (Å²) in [6, 6.07) is 0. The van der Waals surface area contributed by atoms with E-state index in [-0.39, 0.29) is 18.6 Å². The third-order valence-electron chi connectivity index (χ3n) is 1.24. The minimum Gasteiger partial charge on any atom is -0.481 e. The van der Waals surface area contributed by atoms with Gasteiger partial charge >= 0.3 is 17.9 Å². The van der Waals surface area contributed by atoms with E-state index in [1.807, 2.05) is 0 Å². The van der Waals surface area contributed by atoms with Crippen LogP contribution in [0.1, 0.15) is 6.42 Å². The lowest BCUT2D eigenvalue weighted by Crippen LogP contribution is -2.10. The summed E-state index contributed by atoms with van der Waals surface area (Å²) in [4.78, 5) is 31.1. The van der Waals surface area contributed by atoms with E-state index in [0.29, 0.717) is 0 Å². The van der Waals surface area contributed by atoms with Crippen molar-refractivity contribution in [3.05, 3.63) is 24.3 Å². The van der Waals surface area contributed by atoms with Gasteiger partial charge in [-0.15, -0.1) is 0 Å². The summed E-state index contributed by atoms with van der Waals surface area (Å²) in [5, 5.41) is 16.5. The minimum atomic E-state index is -1.21. The van der Waals surface area contributed by atoms with Crippen LogP contribution in [-0.4, -0.2) is 34.7 Å². The number of aliphatic carboxylic acids is 2. The van der Waals surface area contributed by atoms with E-state index in [2.05, 4.69) is 11.3 Å². The summed E-state index contributed by atoms with van der Waals surface area (Å²) in [6.45, 7) is 2.98. The number of hydrogen-bond acceptors (Lipinski definition) is 4. The maximum atomic E-state index is 11.0. The molecule has 0 atom stereocenters. The second-order valence-corrected chi connectivity index (χ2v) is 2.48. The minimum absolute atomic E-state index is 0.150. The third kappa shape index (κ3) is 7.00. The average Bonchev–Trinajstić information content (AvgIpc) is 2.13. The molecule has 0 aromatic carbocycles. The molecule has 0 fully saturated rings. The predicted molar refractivity (Wildman–Crippen MR) is 49.1 cm³/mol. The van der Waals surface area contributed by atoms with Gasteiger partial charge in [0.1, 0.15) is 6.61 Å². The standard InChI is InChI=1S/C9H10O6/c1-6(2-3-7(10)11)9(14)15-5-4-8(12)13/h2-3H,1,4-5H2,(H,10,11)(H,12,13). The van der Waals surface area contributed by atoms with Crippen LogP contribution in [0.2, 0.25) is 0 Å². The van der Waals surface area contributed by atoms with Crippen LogP contribution in [0, 0.1) is 0 Å². The van der Waals surface area contributed by atoms with Crippen LogP contribution in [0.4, 0.5) is 0 Å². The van der Waals surface area contributed by atoms with Gasteiger partial charge in [0.05, 0.1) is 12.0 Å². The molecule has 0 aliphatic rings. The Bertz CT molecular complexity index is 315. The summed E-state index contributed by atoms with van der Waals surface area (Å²) in [5.41, 5.74) is -0.150. The lowest BCUT2D eigenvalue weighted by Gasteiger charge is -2.01. The van der Waals surface area contributed by atoms with Gasteiger partial charge in [-0.05, 0) is 6.08 Å². The highest BCUT2D eigenvalue weighted by Gasteiger charge is 2.06. The van der Waals surface area contributed by atoms with E-state index < -0.39 is 17.9 Å². The first-order valence-electron chi connectivity index (χ1n) is 3.92. The molecule has 0 heterocycles. The van der Waals surface area contributed by atoms with Crippen LogP contribution >= 0.6 is 0 Å². The molecule has 6 nitrogen and oxygen atoms in total. The van der Waals surface area contributed by atoms with Crippen LogP contribution in [0.5, 0.6) is 0 Å². The Morgan fingerprint density at radius 1 is 1.20 bits per heavy atom. The van der Waals surface area contributed by atoms with E-state index >= 15 is 0 Å². The highest BCUT2D eigenvalue weighted by molar-refractivity contribution is 5.93. The number of carboxylic acids is 2. The van der Waals surface area contributed by atoms with Crippen molar-refractivity contribution in [2.24, 2.45) is 0 Å². The fourth-order valence-corrected chi connectivity index (χ4v) is 0.564. The molecule has 0 aromatic heterocycles. The summed E-state index contributed by atoms with van der Waals surface area (Å²) in [6.07, 6.45) is 1.41. The molecule has 0 radical (unpaired) electrons. The molecule has 15 heavy (non-hydrogen) atoms. The zero-order valence-electron chi connectivity index (χ0n) is 7.80. The van der Waals surface area contributed by atoms with Crippen molar-refractivity contribution in [1.29, 1.82) is 0 Å². The van der Waals surface area contributed by atoms with Crippen molar-refractivity contribution in [2.75, 3.05) is 6.61 Å². The molecule has 2 N–H and O–H groups in total. The molecule has 0 unspecified atom stereocenters. The predicted octanol–water partition coefficient (Wildman–Crippen LogP) is 0.201. The second-order valence-electron chi connectivity index (χ2n) is 2.48. The van der Waals surface area contributed by atoms with Gasteiger partial charge in [0, 0.05) is 6.08 Å². The lowest BCUT2D eigenvalue weighted by atomic mass is 10.3. The van der Waals surface area contributed by atoms with Gasteiger partial charge in [-0.2, -0.15) is 0 Å². The van der Waals surface area contributed by atoms with Gasteiger partial charge in [0.15, 0.2) is 0 Å². The maximum absolute atomic E-state index is 11.0. The molecule has 0 aliphatic heterocycles. The number of rotatable bonds is 6. The first-order chi connectivity index (χ1) is 6.93. The van der Waals surface area contributed by atoms with Crippen molar-refractivity contribution < 1.29 is 29.3 Å². The Labute approximate surface area is 85.5 Å². The Balaban J connectivity index is 3.95. The van der Waals surface area contributed by atoms with Crippen molar-refractivity contribution in [2.45, 2.75) is 6.42 Å². The van der Waals surface area contributed by atoms with Gasteiger partial charge in [-0.1, -0.05) is 6.58 Å². The van der Waals surface area contributed by atoms with Gasteiger partial charge in [-0.3, -0.25) is 4.79 Å². The Morgan fingerprint density at radius 2 is 1.80 bits per heavy atom. The average molecular weight is 214 g/mol. The molecule has 0 bridgehead atoms. The number of esters is 1. The van der Waals surface area contributed by atoms with Crippen LogP contribution in [-0.2, 0) is 19.1 Å². The van der Waals surface area contributed by atoms with Crippen molar-refractivity contribution >= 4 is 17.9 Å². The monoisotopic (exact) mass is 214 g/mol. The van der Waals surface area contributed by atoms with Gasteiger partial charge < -0.3 is 14.9 Å². The molecular weight excluding hydrogens is 204 g/mol. The highest BCUT2D eigenvalue weighted by Crippen LogP contribution is 1.97. The zero-order chi connectivity index (χ0) is 11.8. The quantitative estimate of drug-likeness (QED) is 0.372. The summed E-state index contributed by atoms with van der Waals surface area (Å²) >= 11 is 0. The molecule has 6 heteroatoms. The van der Waals surface area contributed by atoms with Crippen molar-refractivity contribution in [3.63, 3.8) is 0 Å². The van der Waals surface area contributed by atoms with E-state index in [1.165, 1.54) is 0 Å². The number of hydrogen-bond donors (Lipinski definition) is 2. The summed E-state index contributed by atoms with van der Waals surface area (Å²) in [5.74, 6) is -3.14. The Kier molecular flexibility index (Phi) is 5.47. The Morgan fingerprint density at radius 3 is 2.27 bits per heavy atom. The first-order valence-corrected chi connectivity index (χ1v) is 3.92. The zero-order valence-corrected chi connectivity index (χ0v) is 7.80. The Hall–Kier alpha value is -2.11. The molecule has 0 saturated heterocycles. The summed E-state index contributed by atoms with van der Waals surface area (Å²) < 4.78 is 4.48. The number of carboxylic acid groups (broad SMARTS) is 2. The third-order valence-corrected chi connectivity index (χ3v) is 1.24. The van der Waals surface area contributed by atoms with Crippen LogP contribution < -0.4 is 0 Å². The fourth-order valence-electron chi connectivity index (χ4n) is 0.564. The lowest BCUT2D eigenvalue weighted by molar-refractivity contribution is -0.143. The van der Waals surface area contributed by atoms with Gasteiger partial charge in [0.2, 0.25) is 0 Å². The second kappa shape index (κ2) is 6.36. The topological polar surface area (TPSA) is 101 Å². The maximum Gasteiger partial charge on any atom is 0.337 e. The van der Waals surface area contributed by atoms with Crippen molar-refractivity contribution in [3.8, 4) is 0 Å². The summed E-state index contributed by atoms with van der Waals surface area (Å²) in [7, 11) is 0. The van der Waals surface area contributed by atoms with Gasteiger partial charge in [0.25, 0.3) is 0 Å². The first kappa shape index (κ1) is 12.9. The van der Waals surface area contributed by atoms with E-state index in [0.717, 1.165) is 12.2 Å². The SMILES string of the molecule is C=C(C=CC(=O)O)C(=O)OCCC(=O)O. The molecule has 0 saturated carbocycles. The molecule has 0 aliphatic carbocycles.